The zero-order chi connectivity index (χ0) is 14.8. The monoisotopic (exact) mass is 303 g/mol. The van der Waals surface area contributed by atoms with Gasteiger partial charge in [0, 0.05) is 12.1 Å². The number of rotatable bonds is 9. The van der Waals surface area contributed by atoms with Crippen LogP contribution in [0.3, 0.4) is 0 Å². The van der Waals surface area contributed by atoms with Gasteiger partial charge in [-0.3, -0.25) is 9.18 Å². The largest absolute Gasteiger partial charge is 1.00 e. The summed E-state index contributed by atoms with van der Waals surface area (Å²) in [7, 11) is 0. The number of aromatic carboxylic acids is 1. The molecule has 6 heteroatoms. The van der Waals surface area contributed by atoms with E-state index < -0.39 is 5.97 Å². The zero-order valence-electron chi connectivity index (χ0n) is 12.4. The van der Waals surface area contributed by atoms with E-state index in [0.717, 1.165) is 25.7 Å². The first-order valence-corrected chi connectivity index (χ1v) is 6.80. The van der Waals surface area contributed by atoms with Crippen molar-refractivity contribution in [2.24, 2.45) is 0 Å². The van der Waals surface area contributed by atoms with Gasteiger partial charge in [0.25, 0.3) is 0 Å². The van der Waals surface area contributed by atoms with Crippen molar-refractivity contribution in [2.45, 2.75) is 38.5 Å². The van der Waals surface area contributed by atoms with E-state index in [-0.39, 0.29) is 47.7 Å². The molecule has 1 aromatic rings. The smallest absolute Gasteiger partial charge is 0.545 e. The van der Waals surface area contributed by atoms with Crippen LogP contribution in [-0.2, 0) is 4.79 Å². The molecule has 0 spiro atoms. The fraction of sp³-hybridized carbons (Fsp3) is 0.467. The van der Waals surface area contributed by atoms with Crippen molar-refractivity contribution in [2.75, 3.05) is 12.0 Å². The topological polar surface area (TPSA) is 69.2 Å². The number of hydrogen-bond donors (Lipinski definition) is 1. The molecule has 4 nitrogen and oxygen atoms in total. The Labute approximate surface area is 146 Å². The summed E-state index contributed by atoms with van der Waals surface area (Å²) in [6, 6.07) is 5.85. The van der Waals surface area contributed by atoms with Gasteiger partial charge in [0.2, 0.25) is 5.91 Å². The summed E-state index contributed by atoms with van der Waals surface area (Å²) in [4.78, 5) is 22.2. The van der Waals surface area contributed by atoms with Gasteiger partial charge in [-0.05, 0) is 30.5 Å². The van der Waals surface area contributed by atoms with Gasteiger partial charge in [-0.2, -0.15) is 0 Å². The van der Waals surface area contributed by atoms with Crippen LogP contribution in [0.1, 0.15) is 48.9 Å². The van der Waals surface area contributed by atoms with Gasteiger partial charge in [-0.25, -0.2) is 0 Å². The van der Waals surface area contributed by atoms with Crippen molar-refractivity contribution in [1.29, 1.82) is 0 Å². The van der Waals surface area contributed by atoms with E-state index in [4.69, 9.17) is 0 Å². The molecule has 1 aromatic carbocycles. The summed E-state index contributed by atoms with van der Waals surface area (Å²) in [5.74, 6) is -1.34. The van der Waals surface area contributed by atoms with E-state index in [1.54, 1.807) is 0 Å². The van der Waals surface area contributed by atoms with Gasteiger partial charge in [0.1, 0.15) is 0 Å². The number of carbonyl (C=O) groups excluding carboxylic acids is 2. The Bertz CT molecular complexity index is 437. The minimum Gasteiger partial charge on any atom is -0.545 e. The van der Waals surface area contributed by atoms with Crippen LogP contribution in [0.25, 0.3) is 0 Å². The van der Waals surface area contributed by atoms with Crippen LogP contribution in [-0.4, -0.2) is 18.6 Å². The molecule has 21 heavy (non-hydrogen) atoms. The third-order valence-corrected chi connectivity index (χ3v) is 2.94. The molecule has 0 unspecified atom stereocenters. The van der Waals surface area contributed by atoms with Gasteiger partial charge < -0.3 is 15.2 Å². The zero-order valence-corrected chi connectivity index (χ0v) is 14.4. The molecule has 1 amide bonds. The van der Waals surface area contributed by atoms with Crippen LogP contribution >= 0.6 is 0 Å². The molecule has 0 heterocycles. The van der Waals surface area contributed by atoms with Crippen LogP contribution in [0, 0.1) is 0 Å². The van der Waals surface area contributed by atoms with Gasteiger partial charge in [-0.15, -0.1) is 0 Å². The molecule has 0 atom stereocenters. The van der Waals surface area contributed by atoms with E-state index in [2.05, 4.69) is 5.32 Å². The Morgan fingerprint density at radius 3 is 2.14 bits per heavy atom. The minimum absolute atomic E-state index is 0. The number of carboxylic acids is 1. The molecule has 0 bridgehead atoms. The molecule has 0 aliphatic carbocycles. The van der Waals surface area contributed by atoms with Gasteiger partial charge in [0.05, 0.1) is 12.6 Å². The summed E-state index contributed by atoms with van der Waals surface area (Å²) >= 11 is 0. The van der Waals surface area contributed by atoms with Crippen molar-refractivity contribution in [3.63, 3.8) is 0 Å². The maximum Gasteiger partial charge on any atom is 1.00 e. The number of unbranched alkanes of at least 4 members (excludes halogenated alkanes) is 4. The van der Waals surface area contributed by atoms with Crippen LogP contribution in [0.4, 0.5) is 10.1 Å². The maximum atomic E-state index is 11.8. The fourth-order valence-electron chi connectivity index (χ4n) is 1.82. The minimum atomic E-state index is -1.24. The third-order valence-electron chi connectivity index (χ3n) is 2.94. The number of alkyl halides is 1. The predicted octanol–water partition coefficient (Wildman–Crippen LogP) is -0.697. The number of halogens is 1. The van der Waals surface area contributed by atoms with E-state index in [1.807, 2.05) is 0 Å². The second-order valence-corrected chi connectivity index (χ2v) is 4.62. The Kier molecular flexibility index (Phi) is 11.2. The quantitative estimate of drug-likeness (QED) is 0.485. The standard InChI is InChI=1S/C15H20FNO3.Na/c16-11-5-3-1-2-4-6-14(18)17-13-9-7-12(8-10-13)15(19)20;/h7-10H,1-6,11H2,(H,17,18)(H,19,20);/q;+1/p-1. The maximum absolute atomic E-state index is 11.8. The number of nitrogens with one attached hydrogen (secondary N) is 1. The number of benzene rings is 1. The first kappa shape index (κ1) is 20.1. The Balaban J connectivity index is 0.00000400. The first-order chi connectivity index (χ1) is 9.63. The average molecular weight is 303 g/mol. The SMILES string of the molecule is O=C(CCCCCCCF)Nc1ccc(C(=O)[O-])cc1.[Na+]. The van der Waals surface area contributed by atoms with Gasteiger partial charge in [0.15, 0.2) is 0 Å². The van der Waals surface area contributed by atoms with Crippen LogP contribution in [0.2, 0.25) is 0 Å². The van der Waals surface area contributed by atoms with Crippen molar-refractivity contribution in [1.82, 2.24) is 0 Å². The molecule has 1 rings (SSSR count). The number of amides is 1. The molecule has 0 saturated heterocycles. The molecular formula is C15H19FNNaO3. The van der Waals surface area contributed by atoms with Crippen molar-refractivity contribution >= 4 is 17.6 Å². The van der Waals surface area contributed by atoms with E-state index in [9.17, 15) is 19.1 Å². The Hall–Kier alpha value is -0.910. The molecule has 0 radical (unpaired) electrons. The molecule has 0 aliphatic heterocycles. The summed E-state index contributed by atoms with van der Waals surface area (Å²) in [6.45, 7) is -0.275. The third kappa shape index (κ3) is 8.86. The summed E-state index contributed by atoms with van der Waals surface area (Å²) in [5.41, 5.74) is 0.647. The number of carboxylic acid groups (broad SMARTS) is 1. The summed E-state index contributed by atoms with van der Waals surface area (Å²) in [5, 5.41) is 13.3. The second kappa shape index (κ2) is 11.7. The molecule has 0 fully saturated rings. The molecule has 0 saturated carbocycles. The normalized spacial score (nSPS) is 9.76. The van der Waals surface area contributed by atoms with Gasteiger partial charge in [-0.1, -0.05) is 31.4 Å². The number of carbonyl (C=O) groups is 2. The number of hydrogen-bond acceptors (Lipinski definition) is 3. The average Bonchev–Trinajstić information content (AvgIpc) is 2.43. The summed E-state index contributed by atoms with van der Waals surface area (Å²) < 4.78 is 11.8. The van der Waals surface area contributed by atoms with Crippen LogP contribution in [0.15, 0.2) is 24.3 Å². The van der Waals surface area contributed by atoms with Crippen molar-refractivity contribution in [3.05, 3.63) is 29.8 Å². The molecule has 0 aromatic heterocycles. The molecule has 0 aliphatic rings. The van der Waals surface area contributed by atoms with Crippen LogP contribution in [0.5, 0.6) is 0 Å². The van der Waals surface area contributed by atoms with Gasteiger partial charge >= 0.3 is 29.6 Å². The van der Waals surface area contributed by atoms with E-state index in [1.165, 1.54) is 24.3 Å². The molecule has 1 N–H and O–H groups in total. The summed E-state index contributed by atoms with van der Waals surface area (Å²) in [6.07, 6.45) is 4.50. The first-order valence-electron chi connectivity index (χ1n) is 6.80. The van der Waals surface area contributed by atoms with Crippen molar-refractivity contribution in [3.8, 4) is 0 Å². The predicted molar refractivity (Wildman–Crippen MR) is 73.1 cm³/mol. The Morgan fingerprint density at radius 2 is 1.57 bits per heavy atom. The van der Waals surface area contributed by atoms with Crippen molar-refractivity contribution < 1.29 is 48.6 Å². The number of anilines is 1. The molecule has 110 valence electrons. The van der Waals surface area contributed by atoms with E-state index in [0.29, 0.717) is 18.5 Å². The fourth-order valence-corrected chi connectivity index (χ4v) is 1.82. The Morgan fingerprint density at radius 1 is 1.00 bits per heavy atom. The second-order valence-electron chi connectivity index (χ2n) is 4.62. The van der Waals surface area contributed by atoms with E-state index >= 15 is 0 Å². The molecular weight excluding hydrogens is 284 g/mol. The van der Waals surface area contributed by atoms with Crippen LogP contribution < -0.4 is 40.0 Å².